The Morgan fingerprint density at radius 2 is 1.62 bits per heavy atom. The average molecular weight is 1160 g/mol. The Bertz CT molecular complexity index is 2970. The molecule has 9 N–H and O–H groups in total. The van der Waals surface area contributed by atoms with Crippen molar-refractivity contribution in [2.45, 2.75) is 124 Å². The van der Waals surface area contributed by atoms with Crippen molar-refractivity contribution in [2.24, 2.45) is 0 Å². The van der Waals surface area contributed by atoms with Crippen molar-refractivity contribution >= 4 is 53.0 Å². The summed E-state index contributed by atoms with van der Waals surface area (Å²) >= 11 is 1.43. The standard InChI is InChI=1S/C46H50N2O21.C7H12N2O2S/c1-18-39-23(47-11-12-48(41(63-3)42(47)68-39)45(60)64-17-19-7-9-20(10-8-19)66-44-38(57)36(55)37(56)40(69-44)43(58)59)13-27(65-18)67-25-15-46(61,26(50)16-49)14-22-29(25)35(54)31-30(33(22)52)32(51)21-5-4-6-24(62-2)28(21)34(31)53;1-8-4-9-6(10)3-5(12-2)7(9)11/h4-10,18,23,25,27,36-42,44,49,52,54-57,61H,11-17H2,1-3H3,(H,58,59);5,8H,3-4H2,1-2H3/t18-,23-,25-,27-,36-,37-,38+,39+,40-,41+,42+,44+,46-;/m0./s1. The second-order valence-corrected chi connectivity index (χ2v) is 21.3. The number of carboxylic acids is 1. The van der Waals surface area contributed by atoms with Crippen LogP contribution in [0, 0.1) is 0 Å². The third-order valence-corrected chi connectivity index (χ3v) is 16.5. The van der Waals surface area contributed by atoms with Gasteiger partial charge in [-0.25, -0.2) is 9.59 Å². The number of aliphatic carboxylic acids is 1. The largest absolute Gasteiger partial charge is 0.507 e. The minimum absolute atomic E-state index is 0.0599. The van der Waals surface area contributed by atoms with Crippen molar-refractivity contribution in [1.82, 2.24) is 20.0 Å². The van der Waals surface area contributed by atoms with Crippen LogP contribution in [-0.2, 0) is 60.6 Å². The lowest BCUT2D eigenvalue weighted by atomic mass is 9.72. The number of nitrogens with one attached hydrogen (secondary N) is 1. The molecule has 3 amide bonds. The van der Waals surface area contributed by atoms with Gasteiger partial charge >= 0.3 is 12.1 Å². The fraction of sp³-hybridized carbons (Fsp3) is 0.528. The summed E-state index contributed by atoms with van der Waals surface area (Å²) in [5, 5.41) is 87.6. The molecule has 7 aliphatic rings. The van der Waals surface area contributed by atoms with E-state index in [2.05, 4.69) is 5.32 Å². The van der Waals surface area contributed by atoms with E-state index in [1.54, 1.807) is 26.1 Å². The van der Waals surface area contributed by atoms with Gasteiger partial charge in [-0.2, -0.15) is 11.8 Å². The molecule has 27 nitrogen and oxygen atoms in total. The first-order valence-electron chi connectivity index (χ1n) is 25.7. The number of methoxy groups -OCH3 is 2. The molecule has 5 fully saturated rings. The van der Waals surface area contributed by atoms with Gasteiger partial charge < -0.3 is 84.1 Å². The van der Waals surface area contributed by atoms with E-state index in [0.29, 0.717) is 18.7 Å². The molecule has 0 saturated carbocycles. The molecule has 3 aromatic rings. The fourth-order valence-corrected chi connectivity index (χ4v) is 12.1. The Labute approximate surface area is 466 Å². The summed E-state index contributed by atoms with van der Waals surface area (Å²) in [7, 11) is 4.43. The number of amides is 3. The van der Waals surface area contributed by atoms with Crippen LogP contribution in [-0.4, -0.2) is 229 Å². The van der Waals surface area contributed by atoms with Gasteiger partial charge in [0.15, 0.2) is 36.4 Å². The molecule has 28 heteroatoms. The van der Waals surface area contributed by atoms with E-state index in [-0.39, 0.29) is 76.9 Å². The lowest BCUT2D eigenvalue weighted by Crippen LogP contribution is -2.62. The number of hydrogen-bond donors (Lipinski definition) is 9. The molecular formula is C53H62N4O23S. The number of nitrogens with zero attached hydrogens (tertiary/aromatic N) is 3. The topological polar surface area (TPSA) is 377 Å². The molecule has 1 unspecified atom stereocenters. The van der Waals surface area contributed by atoms with Crippen LogP contribution in [0.2, 0.25) is 0 Å². The highest BCUT2D eigenvalue weighted by Gasteiger charge is 2.57. The molecular weight excluding hydrogens is 1090 g/mol. The molecule has 14 atom stereocenters. The molecule has 438 valence electrons. The molecule has 0 spiro atoms. The van der Waals surface area contributed by atoms with E-state index in [1.165, 1.54) is 66.1 Å². The number of benzene rings is 3. The van der Waals surface area contributed by atoms with Crippen LogP contribution in [0.1, 0.15) is 80.8 Å². The van der Waals surface area contributed by atoms with Crippen molar-refractivity contribution in [3.63, 3.8) is 0 Å². The maximum absolute atomic E-state index is 14.1. The molecule has 0 bridgehead atoms. The van der Waals surface area contributed by atoms with Crippen LogP contribution in [0.25, 0.3) is 0 Å². The number of aliphatic hydroxyl groups is 5. The Morgan fingerprint density at radius 3 is 2.26 bits per heavy atom. The summed E-state index contributed by atoms with van der Waals surface area (Å²) in [6.45, 7) is 1.18. The molecule has 0 radical (unpaired) electrons. The maximum Gasteiger partial charge on any atom is 0.412 e. The summed E-state index contributed by atoms with van der Waals surface area (Å²) in [5.41, 5.74) is -3.45. The molecule has 5 saturated heterocycles. The predicted molar refractivity (Wildman–Crippen MR) is 274 cm³/mol. The zero-order valence-electron chi connectivity index (χ0n) is 44.4. The number of phenols is 2. The molecule has 10 rings (SSSR count). The van der Waals surface area contributed by atoms with Crippen LogP contribution >= 0.6 is 11.8 Å². The molecule has 0 aromatic heterocycles. The number of hydrogen-bond acceptors (Lipinski definition) is 25. The first-order valence-corrected chi connectivity index (χ1v) is 27.0. The number of likely N-dealkylation sites (tertiary alicyclic amines) is 1. The van der Waals surface area contributed by atoms with Gasteiger partial charge in [0, 0.05) is 68.6 Å². The number of carbonyl (C=O) groups is 7. The minimum Gasteiger partial charge on any atom is -0.507 e. The summed E-state index contributed by atoms with van der Waals surface area (Å²) < 4.78 is 46.8. The summed E-state index contributed by atoms with van der Waals surface area (Å²) in [4.78, 5) is 93.3. The third kappa shape index (κ3) is 10.8. The van der Waals surface area contributed by atoms with Crippen LogP contribution < -0.4 is 14.8 Å². The second kappa shape index (κ2) is 23.8. The number of Topliss-reactive ketones (excluding diaryl/α,β-unsaturated/α-hetero) is 1. The van der Waals surface area contributed by atoms with E-state index in [1.807, 2.05) is 11.2 Å². The monoisotopic (exact) mass is 1150 g/mol. The number of carboxylic acid groups (broad SMARTS) is 1. The van der Waals surface area contributed by atoms with Gasteiger partial charge in [0.25, 0.3) is 0 Å². The van der Waals surface area contributed by atoms with Gasteiger partial charge in [0.2, 0.25) is 23.9 Å². The lowest BCUT2D eigenvalue weighted by Gasteiger charge is -2.45. The Morgan fingerprint density at radius 1 is 0.901 bits per heavy atom. The molecule has 81 heavy (non-hydrogen) atoms. The summed E-state index contributed by atoms with van der Waals surface area (Å²) in [6.07, 6.45) is -14.1. The number of ketones is 3. The first-order chi connectivity index (χ1) is 38.6. The van der Waals surface area contributed by atoms with Crippen LogP contribution in [0.3, 0.4) is 0 Å². The van der Waals surface area contributed by atoms with Crippen molar-refractivity contribution in [1.29, 1.82) is 0 Å². The zero-order valence-corrected chi connectivity index (χ0v) is 45.2. The number of piperazine rings is 1. The molecule has 5 heterocycles. The number of aliphatic hydroxyl groups excluding tert-OH is 4. The first kappa shape index (κ1) is 59.2. The van der Waals surface area contributed by atoms with E-state index < -0.39 is 151 Å². The number of carbonyl (C=O) groups excluding carboxylic acids is 6. The van der Waals surface area contributed by atoms with Crippen LogP contribution in [0.4, 0.5) is 4.79 Å². The van der Waals surface area contributed by atoms with E-state index >= 15 is 0 Å². The smallest absolute Gasteiger partial charge is 0.412 e. The van der Waals surface area contributed by atoms with Gasteiger partial charge in [-0.15, -0.1) is 0 Å². The van der Waals surface area contributed by atoms with Crippen LogP contribution in [0.5, 0.6) is 23.0 Å². The van der Waals surface area contributed by atoms with Crippen molar-refractivity contribution in [3.05, 3.63) is 81.4 Å². The lowest BCUT2D eigenvalue weighted by molar-refractivity contribution is -0.271. The van der Waals surface area contributed by atoms with E-state index in [4.69, 9.17) is 37.9 Å². The van der Waals surface area contributed by atoms with Gasteiger partial charge in [0.05, 0.1) is 47.9 Å². The number of aromatic hydroxyl groups is 2. The number of imide groups is 1. The summed E-state index contributed by atoms with van der Waals surface area (Å²) in [6, 6.07) is 9.88. The number of phenolic OH excluding ortho intramolecular Hbond substituents is 2. The average Bonchev–Trinajstić information content (AvgIpc) is 4.11. The normalized spacial score (nSPS) is 31.5. The third-order valence-electron chi connectivity index (χ3n) is 15.5. The van der Waals surface area contributed by atoms with Crippen molar-refractivity contribution in [3.8, 4) is 23.0 Å². The SMILES string of the molecule is CNCN1C(=O)CC(SC)C1=O.COc1cccc2c1C(=O)c1c(O)c3c(c(O)c1C2=O)C[C@@](O)(C(=O)CO)C[C@@H]3O[C@H]1C[C@H]2[C@H](O[C@@H]3[C@@H](OC)N(C(=O)OCc4ccc(O[C@@H]5O[C@H](C(=O)O)[C@@H](O)[C@H](O)[C@H]5O)cc4)CCN32)[C@H](C)O1. The molecule has 2 aliphatic carbocycles. The minimum atomic E-state index is -2.34. The quantitative estimate of drug-likeness (QED) is 0.0554. The summed E-state index contributed by atoms with van der Waals surface area (Å²) in [5.74, 6) is -5.61. The van der Waals surface area contributed by atoms with Crippen molar-refractivity contribution in [2.75, 3.05) is 53.9 Å². The zero-order chi connectivity index (χ0) is 58.5. The number of ether oxygens (including phenoxy) is 8. The Hall–Kier alpha value is -6.38. The Balaban J connectivity index is 0.000000587. The fourth-order valence-electron chi connectivity index (χ4n) is 11.4. The van der Waals surface area contributed by atoms with Gasteiger partial charge in [-0.3, -0.25) is 38.7 Å². The number of rotatable bonds is 14. The highest BCUT2D eigenvalue weighted by atomic mass is 32.2. The van der Waals surface area contributed by atoms with Crippen LogP contribution in [0.15, 0.2) is 42.5 Å². The van der Waals surface area contributed by atoms with Gasteiger partial charge in [0.1, 0.15) is 66.2 Å². The van der Waals surface area contributed by atoms with Gasteiger partial charge in [-0.1, -0.05) is 24.3 Å². The number of thioether (sulfide) groups is 1. The van der Waals surface area contributed by atoms with E-state index in [0.717, 1.165) is 0 Å². The second-order valence-electron chi connectivity index (χ2n) is 20.3. The molecule has 3 aromatic carbocycles. The van der Waals surface area contributed by atoms with E-state index in [9.17, 15) is 74.4 Å². The van der Waals surface area contributed by atoms with Crippen molar-refractivity contribution < 1.29 is 112 Å². The number of fused-ring (bicyclic) bond motifs is 6. The predicted octanol–water partition coefficient (Wildman–Crippen LogP) is -0.742. The highest BCUT2D eigenvalue weighted by molar-refractivity contribution is 8.00. The maximum atomic E-state index is 14.1. The molecule has 5 aliphatic heterocycles. The highest BCUT2D eigenvalue weighted by Crippen LogP contribution is 2.53. The Kier molecular flexibility index (Phi) is 17.4. The van der Waals surface area contributed by atoms with Gasteiger partial charge in [-0.05, 0) is 44.0 Å².